The number of hydrogen-bond donors (Lipinski definition) is 0. The fourth-order valence-corrected chi connectivity index (χ4v) is 4.22. The summed E-state index contributed by atoms with van der Waals surface area (Å²) in [6.45, 7) is 2.83. The second-order valence-corrected chi connectivity index (χ2v) is 6.88. The highest BCUT2D eigenvalue weighted by molar-refractivity contribution is 7.89. The zero-order valence-electron chi connectivity index (χ0n) is 10.8. The Bertz CT molecular complexity index is 592. The van der Waals surface area contributed by atoms with Crippen LogP contribution >= 0.6 is 0 Å². The van der Waals surface area contributed by atoms with Gasteiger partial charge in [0.2, 0.25) is 10.0 Å². The van der Waals surface area contributed by atoms with Crippen molar-refractivity contribution in [2.24, 2.45) is 0 Å². The molecule has 0 amide bonds. The first-order valence-electron chi connectivity index (χ1n) is 6.46. The summed E-state index contributed by atoms with van der Waals surface area (Å²) in [6, 6.07) is 6.85. The minimum atomic E-state index is -3.43. The average Bonchev–Trinajstić information content (AvgIpc) is 2.87. The van der Waals surface area contributed by atoms with Gasteiger partial charge in [0.25, 0.3) is 0 Å². The monoisotopic (exact) mass is 279 g/mol. The van der Waals surface area contributed by atoms with Gasteiger partial charge < -0.3 is 4.74 Å². The van der Waals surface area contributed by atoms with E-state index in [0.29, 0.717) is 18.0 Å². The SMILES string of the molecule is Cc1ccc(S(=O)(=O)N2CCO[C@H]3CC=C[C@H]32)cc1. The molecule has 1 saturated heterocycles. The normalized spacial score (nSPS) is 27.4. The molecule has 0 unspecified atom stereocenters. The molecule has 1 aliphatic heterocycles. The van der Waals surface area contributed by atoms with Crippen LogP contribution in [0.25, 0.3) is 0 Å². The van der Waals surface area contributed by atoms with E-state index in [2.05, 4.69) is 0 Å². The number of sulfonamides is 1. The Morgan fingerprint density at radius 2 is 2.00 bits per heavy atom. The molecule has 1 heterocycles. The van der Waals surface area contributed by atoms with E-state index in [1.807, 2.05) is 31.2 Å². The maximum atomic E-state index is 12.7. The number of hydrogen-bond acceptors (Lipinski definition) is 3. The summed E-state index contributed by atoms with van der Waals surface area (Å²) in [4.78, 5) is 0.360. The van der Waals surface area contributed by atoms with Crippen LogP contribution in [0.1, 0.15) is 12.0 Å². The van der Waals surface area contributed by atoms with E-state index in [1.54, 1.807) is 16.4 Å². The predicted molar refractivity (Wildman–Crippen MR) is 72.4 cm³/mol. The van der Waals surface area contributed by atoms with Crippen LogP contribution in [0.4, 0.5) is 0 Å². The Kier molecular flexibility index (Phi) is 3.20. The van der Waals surface area contributed by atoms with Gasteiger partial charge in [-0.1, -0.05) is 29.8 Å². The van der Waals surface area contributed by atoms with Crippen molar-refractivity contribution in [3.05, 3.63) is 42.0 Å². The van der Waals surface area contributed by atoms with Gasteiger partial charge in [-0.2, -0.15) is 4.31 Å². The second-order valence-electron chi connectivity index (χ2n) is 4.99. The van der Waals surface area contributed by atoms with E-state index in [0.717, 1.165) is 12.0 Å². The third-order valence-electron chi connectivity index (χ3n) is 3.69. The zero-order valence-corrected chi connectivity index (χ0v) is 11.6. The zero-order chi connectivity index (χ0) is 13.5. The summed E-state index contributed by atoms with van der Waals surface area (Å²) in [5.41, 5.74) is 1.06. The van der Waals surface area contributed by atoms with Crippen molar-refractivity contribution in [2.45, 2.75) is 30.4 Å². The first-order valence-corrected chi connectivity index (χ1v) is 7.90. The summed E-state index contributed by atoms with van der Waals surface area (Å²) in [6.07, 6.45) is 4.72. The maximum absolute atomic E-state index is 12.7. The summed E-state index contributed by atoms with van der Waals surface area (Å²) < 4.78 is 32.5. The lowest BCUT2D eigenvalue weighted by Crippen LogP contribution is -2.50. The van der Waals surface area contributed by atoms with E-state index in [4.69, 9.17) is 4.74 Å². The molecule has 2 aliphatic rings. The second kappa shape index (κ2) is 4.74. The molecule has 2 atom stereocenters. The maximum Gasteiger partial charge on any atom is 0.243 e. The number of rotatable bonds is 2. The van der Waals surface area contributed by atoms with Crippen molar-refractivity contribution in [3.63, 3.8) is 0 Å². The standard InChI is InChI=1S/C14H17NO3S/c1-11-5-7-12(8-6-11)19(16,17)15-9-10-18-14-4-2-3-13(14)15/h2-3,5-8,13-14H,4,9-10H2,1H3/t13-,14+/m1/s1. The molecule has 0 bridgehead atoms. The highest BCUT2D eigenvalue weighted by Gasteiger charge is 2.39. The molecule has 3 rings (SSSR count). The summed E-state index contributed by atoms with van der Waals surface area (Å²) in [7, 11) is -3.43. The fraction of sp³-hybridized carbons (Fsp3) is 0.429. The Morgan fingerprint density at radius 1 is 1.26 bits per heavy atom. The van der Waals surface area contributed by atoms with Crippen molar-refractivity contribution in [3.8, 4) is 0 Å². The summed E-state index contributed by atoms with van der Waals surface area (Å²) >= 11 is 0. The number of fused-ring (bicyclic) bond motifs is 1. The lowest BCUT2D eigenvalue weighted by Gasteiger charge is -2.36. The van der Waals surface area contributed by atoms with Crippen LogP contribution in [0.3, 0.4) is 0 Å². The molecule has 0 aromatic heterocycles. The Hall–Kier alpha value is -1.17. The lowest BCUT2D eigenvalue weighted by atomic mass is 10.2. The molecule has 0 saturated carbocycles. The molecule has 1 aromatic carbocycles. The highest BCUT2D eigenvalue weighted by atomic mass is 32.2. The number of ether oxygens (including phenoxy) is 1. The molecule has 5 heteroatoms. The van der Waals surface area contributed by atoms with Gasteiger partial charge >= 0.3 is 0 Å². The van der Waals surface area contributed by atoms with Crippen molar-refractivity contribution in [1.82, 2.24) is 4.31 Å². The highest BCUT2D eigenvalue weighted by Crippen LogP contribution is 2.29. The quantitative estimate of drug-likeness (QED) is 0.774. The Balaban J connectivity index is 1.95. The van der Waals surface area contributed by atoms with Gasteiger partial charge in [0.1, 0.15) is 0 Å². The fourth-order valence-electron chi connectivity index (χ4n) is 2.63. The van der Waals surface area contributed by atoms with Crippen LogP contribution in [0.15, 0.2) is 41.3 Å². The molecule has 4 nitrogen and oxygen atoms in total. The molecule has 0 spiro atoms. The van der Waals surface area contributed by atoms with E-state index in [1.165, 1.54) is 0 Å². The first-order chi connectivity index (χ1) is 9.09. The average molecular weight is 279 g/mol. The van der Waals surface area contributed by atoms with Gasteiger partial charge in [0.05, 0.1) is 23.6 Å². The van der Waals surface area contributed by atoms with Crippen LogP contribution < -0.4 is 0 Å². The predicted octanol–water partition coefficient (Wildman–Crippen LogP) is 1.71. The number of aryl methyl sites for hydroxylation is 1. The third kappa shape index (κ3) is 2.22. The number of nitrogens with zero attached hydrogens (tertiary/aromatic N) is 1. The topological polar surface area (TPSA) is 46.6 Å². The molecule has 102 valence electrons. The van der Waals surface area contributed by atoms with Crippen molar-refractivity contribution < 1.29 is 13.2 Å². The van der Waals surface area contributed by atoms with Gasteiger partial charge in [-0.15, -0.1) is 0 Å². The lowest BCUT2D eigenvalue weighted by molar-refractivity contribution is -0.0166. The van der Waals surface area contributed by atoms with Crippen LogP contribution in [-0.4, -0.2) is 38.0 Å². The van der Waals surface area contributed by atoms with E-state index in [9.17, 15) is 8.42 Å². The number of benzene rings is 1. The molecule has 0 radical (unpaired) electrons. The van der Waals surface area contributed by atoms with Gasteiger partial charge in [-0.25, -0.2) is 8.42 Å². The van der Waals surface area contributed by atoms with E-state index < -0.39 is 10.0 Å². The first kappa shape index (κ1) is 12.8. The van der Waals surface area contributed by atoms with Crippen molar-refractivity contribution in [1.29, 1.82) is 0 Å². The largest absolute Gasteiger partial charge is 0.375 e. The van der Waals surface area contributed by atoms with Crippen LogP contribution in [-0.2, 0) is 14.8 Å². The Labute approximate surface area is 113 Å². The Morgan fingerprint density at radius 3 is 2.74 bits per heavy atom. The third-order valence-corrected chi connectivity index (χ3v) is 5.60. The van der Waals surface area contributed by atoms with Gasteiger partial charge in [-0.05, 0) is 25.5 Å². The molecule has 1 aliphatic carbocycles. The van der Waals surface area contributed by atoms with Gasteiger partial charge in [0, 0.05) is 6.54 Å². The summed E-state index contributed by atoms with van der Waals surface area (Å²) in [5.74, 6) is 0. The van der Waals surface area contributed by atoms with Crippen LogP contribution in [0.5, 0.6) is 0 Å². The minimum Gasteiger partial charge on any atom is -0.375 e. The molecular weight excluding hydrogens is 262 g/mol. The molecule has 19 heavy (non-hydrogen) atoms. The van der Waals surface area contributed by atoms with Crippen LogP contribution in [0, 0.1) is 6.92 Å². The van der Waals surface area contributed by atoms with Crippen molar-refractivity contribution in [2.75, 3.05) is 13.2 Å². The van der Waals surface area contributed by atoms with E-state index >= 15 is 0 Å². The van der Waals surface area contributed by atoms with E-state index in [-0.39, 0.29) is 12.1 Å². The van der Waals surface area contributed by atoms with Gasteiger partial charge in [-0.3, -0.25) is 0 Å². The van der Waals surface area contributed by atoms with Crippen LogP contribution in [0.2, 0.25) is 0 Å². The molecule has 1 fully saturated rings. The van der Waals surface area contributed by atoms with Gasteiger partial charge in [0.15, 0.2) is 0 Å². The molecule has 1 aromatic rings. The smallest absolute Gasteiger partial charge is 0.243 e. The van der Waals surface area contributed by atoms with Crippen molar-refractivity contribution >= 4 is 10.0 Å². The molecular formula is C14H17NO3S. The minimum absolute atomic E-state index is 0.0195. The molecule has 0 N–H and O–H groups in total. The number of morpholine rings is 1. The summed E-state index contributed by atoms with van der Waals surface area (Å²) in [5, 5.41) is 0.